The highest BCUT2D eigenvalue weighted by atomic mass is 35.5. The molecule has 6 heteroatoms. The lowest BCUT2D eigenvalue weighted by molar-refractivity contribution is 0.588. The molecule has 1 aromatic carbocycles. The van der Waals surface area contributed by atoms with Crippen LogP contribution in [0.2, 0.25) is 0 Å². The highest BCUT2D eigenvalue weighted by Gasteiger charge is 2.24. The number of alkyl halides is 1. The van der Waals surface area contributed by atoms with Gasteiger partial charge in [0.1, 0.15) is 0 Å². The summed E-state index contributed by atoms with van der Waals surface area (Å²) in [6.45, 7) is 2.13. The number of sulfonamides is 1. The van der Waals surface area contributed by atoms with E-state index in [9.17, 15) is 8.42 Å². The second-order valence-corrected chi connectivity index (χ2v) is 6.22. The fourth-order valence-electron chi connectivity index (χ4n) is 1.84. The summed E-state index contributed by atoms with van der Waals surface area (Å²) in [5.41, 5.74) is 1.41. The van der Waals surface area contributed by atoms with Crippen LogP contribution < -0.4 is 4.31 Å². The SMILES string of the molecule is CCN(c1ccccc1)S(=O)(=O)c1ccc(CCl)cn1. The summed E-state index contributed by atoms with van der Waals surface area (Å²) < 4.78 is 26.5. The lowest BCUT2D eigenvalue weighted by atomic mass is 10.3. The first kappa shape index (κ1) is 14.8. The van der Waals surface area contributed by atoms with E-state index in [1.165, 1.54) is 16.6 Å². The molecule has 0 saturated carbocycles. The van der Waals surface area contributed by atoms with E-state index < -0.39 is 10.0 Å². The average molecular weight is 311 g/mol. The molecule has 0 N–H and O–H groups in total. The van der Waals surface area contributed by atoms with Crippen LogP contribution in [0.4, 0.5) is 5.69 Å². The van der Waals surface area contributed by atoms with Crippen LogP contribution in [-0.2, 0) is 15.9 Å². The van der Waals surface area contributed by atoms with Gasteiger partial charge >= 0.3 is 0 Å². The van der Waals surface area contributed by atoms with Gasteiger partial charge in [-0.05, 0) is 30.7 Å². The third-order valence-corrected chi connectivity index (χ3v) is 4.97. The van der Waals surface area contributed by atoms with E-state index in [-0.39, 0.29) is 5.03 Å². The average Bonchev–Trinajstić information content (AvgIpc) is 2.49. The van der Waals surface area contributed by atoms with Crippen LogP contribution in [0.15, 0.2) is 53.7 Å². The third-order valence-electron chi connectivity index (χ3n) is 2.84. The molecule has 0 aliphatic heterocycles. The quantitative estimate of drug-likeness (QED) is 0.798. The summed E-state index contributed by atoms with van der Waals surface area (Å²) >= 11 is 5.68. The van der Waals surface area contributed by atoms with Gasteiger partial charge in [-0.25, -0.2) is 4.98 Å². The number of anilines is 1. The Kier molecular flexibility index (Phi) is 4.62. The molecule has 0 saturated heterocycles. The fourth-order valence-corrected chi connectivity index (χ4v) is 3.39. The molecule has 20 heavy (non-hydrogen) atoms. The number of rotatable bonds is 5. The lowest BCUT2D eigenvalue weighted by Crippen LogP contribution is -2.31. The highest BCUT2D eigenvalue weighted by Crippen LogP contribution is 2.22. The molecule has 0 fully saturated rings. The second-order valence-electron chi connectivity index (χ2n) is 4.14. The predicted molar refractivity (Wildman–Crippen MR) is 80.4 cm³/mol. The van der Waals surface area contributed by atoms with Crippen molar-refractivity contribution < 1.29 is 8.42 Å². The van der Waals surface area contributed by atoms with Crippen molar-refractivity contribution in [3.05, 3.63) is 54.2 Å². The Bertz CT molecular complexity index is 657. The number of halogens is 1. The Morgan fingerprint density at radius 2 is 1.85 bits per heavy atom. The Balaban J connectivity index is 2.41. The van der Waals surface area contributed by atoms with E-state index >= 15 is 0 Å². The number of aromatic nitrogens is 1. The van der Waals surface area contributed by atoms with E-state index in [4.69, 9.17) is 11.6 Å². The minimum atomic E-state index is -3.65. The first-order valence-electron chi connectivity index (χ1n) is 6.18. The van der Waals surface area contributed by atoms with Crippen LogP contribution in [-0.4, -0.2) is 19.9 Å². The van der Waals surface area contributed by atoms with Crippen LogP contribution in [0.3, 0.4) is 0 Å². The van der Waals surface area contributed by atoms with Crippen molar-refractivity contribution in [1.82, 2.24) is 4.98 Å². The number of nitrogens with zero attached hydrogens (tertiary/aromatic N) is 2. The standard InChI is InChI=1S/C14H15ClN2O2S/c1-2-17(13-6-4-3-5-7-13)20(18,19)14-9-8-12(10-15)11-16-14/h3-9,11H,2,10H2,1H3. The van der Waals surface area contributed by atoms with E-state index in [0.29, 0.717) is 18.1 Å². The predicted octanol–water partition coefficient (Wildman–Crippen LogP) is 3.04. The summed E-state index contributed by atoms with van der Waals surface area (Å²) in [5.74, 6) is 0.309. The molecule has 4 nitrogen and oxygen atoms in total. The topological polar surface area (TPSA) is 50.3 Å². The molecule has 2 rings (SSSR count). The van der Waals surface area contributed by atoms with Crippen LogP contribution in [0, 0.1) is 0 Å². The number of benzene rings is 1. The van der Waals surface area contributed by atoms with Crippen LogP contribution in [0.1, 0.15) is 12.5 Å². The summed E-state index contributed by atoms with van der Waals surface area (Å²) in [5, 5.41) is 0.0251. The molecule has 1 aromatic heterocycles. The van der Waals surface area contributed by atoms with Crippen molar-refractivity contribution in [3.8, 4) is 0 Å². The number of hydrogen-bond acceptors (Lipinski definition) is 3. The van der Waals surface area contributed by atoms with E-state index in [1.54, 1.807) is 37.3 Å². The maximum Gasteiger partial charge on any atom is 0.281 e. The molecule has 0 spiro atoms. The second kappa shape index (κ2) is 6.24. The minimum absolute atomic E-state index is 0.0251. The van der Waals surface area contributed by atoms with Gasteiger partial charge in [0.2, 0.25) is 0 Å². The van der Waals surface area contributed by atoms with Gasteiger partial charge in [0, 0.05) is 18.6 Å². The molecule has 106 valence electrons. The molecule has 1 heterocycles. The summed E-state index contributed by atoms with van der Waals surface area (Å²) in [6.07, 6.45) is 1.48. The number of hydrogen-bond donors (Lipinski definition) is 0. The third kappa shape index (κ3) is 2.94. The fraction of sp³-hybridized carbons (Fsp3) is 0.214. The van der Waals surface area contributed by atoms with Crippen molar-refractivity contribution in [2.24, 2.45) is 0 Å². The largest absolute Gasteiger partial charge is 0.281 e. The molecule has 0 unspecified atom stereocenters. The molecule has 0 radical (unpaired) electrons. The number of para-hydroxylation sites is 1. The van der Waals surface area contributed by atoms with E-state index in [0.717, 1.165) is 5.56 Å². The molecule has 0 amide bonds. The smallest absolute Gasteiger partial charge is 0.265 e. The Labute approximate surface area is 124 Å². The van der Waals surface area contributed by atoms with Crippen molar-refractivity contribution in [3.63, 3.8) is 0 Å². The Morgan fingerprint density at radius 1 is 1.15 bits per heavy atom. The van der Waals surface area contributed by atoms with Crippen molar-refractivity contribution >= 4 is 27.3 Å². The van der Waals surface area contributed by atoms with Crippen molar-refractivity contribution in [2.45, 2.75) is 17.8 Å². The molecule has 0 atom stereocenters. The zero-order valence-corrected chi connectivity index (χ0v) is 12.6. The minimum Gasteiger partial charge on any atom is -0.265 e. The summed E-state index contributed by atoms with van der Waals surface area (Å²) in [7, 11) is -3.65. The molecular weight excluding hydrogens is 296 g/mol. The van der Waals surface area contributed by atoms with Gasteiger partial charge in [0.25, 0.3) is 10.0 Å². The zero-order valence-electron chi connectivity index (χ0n) is 11.0. The molecular formula is C14H15ClN2O2S. The lowest BCUT2D eigenvalue weighted by Gasteiger charge is -2.22. The Morgan fingerprint density at radius 3 is 2.35 bits per heavy atom. The maximum atomic E-state index is 12.6. The Hall–Kier alpha value is -1.59. The highest BCUT2D eigenvalue weighted by molar-refractivity contribution is 7.92. The van der Waals surface area contributed by atoms with Gasteiger partial charge in [-0.3, -0.25) is 4.31 Å². The first-order chi connectivity index (χ1) is 9.59. The van der Waals surface area contributed by atoms with Gasteiger partial charge in [-0.2, -0.15) is 8.42 Å². The van der Waals surface area contributed by atoms with Gasteiger partial charge in [-0.1, -0.05) is 24.3 Å². The van der Waals surface area contributed by atoms with Crippen LogP contribution >= 0.6 is 11.6 Å². The molecule has 0 bridgehead atoms. The molecule has 0 aliphatic carbocycles. The van der Waals surface area contributed by atoms with Gasteiger partial charge < -0.3 is 0 Å². The van der Waals surface area contributed by atoms with E-state index in [1.807, 2.05) is 6.07 Å². The van der Waals surface area contributed by atoms with Crippen molar-refractivity contribution in [2.75, 3.05) is 10.8 Å². The van der Waals surface area contributed by atoms with Crippen LogP contribution in [0.25, 0.3) is 0 Å². The van der Waals surface area contributed by atoms with Gasteiger partial charge in [0.15, 0.2) is 5.03 Å². The molecule has 0 aliphatic rings. The van der Waals surface area contributed by atoms with Crippen molar-refractivity contribution in [1.29, 1.82) is 0 Å². The zero-order chi connectivity index (χ0) is 14.6. The number of pyridine rings is 1. The monoisotopic (exact) mass is 310 g/mol. The normalized spacial score (nSPS) is 11.3. The van der Waals surface area contributed by atoms with Gasteiger partial charge in [-0.15, -0.1) is 11.6 Å². The van der Waals surface area contributed by atoms with Crippen LogP contribution in [0.5, 0.6) is 0 Å². The molecule has 2 aromatic rings. The van der Waals surface area contributed by atoms with E-state index in [2.05, 4.69) is 4.98 Å². The van der Waals surface area contributed by atoms with Gasteiger partial charge in [0.05, 0.1) is 5.69 Å². The maximum absolute atomic E-state index is 12.6. The first-order valence-corrected chi connectivity index (χ1v) is 8.15. The summed E-state index contributed by atoms with van der Waals surface area (Å²) in [4.78, 5) is 4.00. The summed E-state index contributed by atoms with van der Waals surface area (Å²) in [6, 6.07) is 12.1.